The van der Waals surface area contributed by atoms with Gasteiger partial charge < -0.3 is 4.57 Å². The average Bonchev–Trinajstić information content (AvgIpc) is 3.90. The third-order valence-electron chi connectivity index (χ3n) is 12.4. The van der Waals surface area contributed by atoms with E-state index in [1.807, 2.05) is 18.2 Å². The van der Waals surface area contributed by atoms with Crippen molar-refractivity contribution >= 4 is 85.6 Å². The predicted octanol–water partition coefficient (Wildman–Crippen LogP) is 15.5. The summed E-state index contributed by atoms with van der Waals surface area (Å²) in [6, 6.07) is 74.0. The molecule has 288 valence electrons. The molecular formula is C57H34N4S. The van der Waals surface area contributed by atoms with E-state index < -0.39 is 0 Å². The number of nitrogens with zero attached hydrogens (tertiary/aromatic N) is 4. The number of para-hydroxylation sites is 1. The van der Waals surface area contributed by atoms with Gasteiger partial charge in [0.2, 0.25) is 0 Å². The molecule has 0 amide bonds. The van der Waals surface area contributed by atoms with E-state index in [4.69, 9.17) is 15.0 Å². The van der Waals surface area contributed by atoms with Crippen molar-refractivity contribution in [3.63, 3.8) is 0 Å². The maximum absolute atomic E-state index is 5.45. The summed E-state index contributed by atoms with van der Waals surface area (Å²) in [6.07, 6.45) is 0. The molecule has 0 bridgehead atoms. The van der Waals surface area contributed by atoms with Gasteiger partial charge >= 0.3 is 0 Å². The Kier molecular flexibility index (Phi) is 7.74. The van der Waals surface area contributed by atoms with Gasteiger partial charge in [0.1, 0.15) is 0 Å². The van der Waals surface area contributed by atoms with Crippen LogP contribution in [-0.4, -0.2) is 19.5 Å². The van der Waals surface area contributed by atoms with Crippen molar-refractivity contribution in [2.75, 3.05) is 0 Å². The Morgan fingerprint density at radius 1 is 0.306 bits per heavy atom. The highest BCUT2D eigenvalue weighted by molar-refractivity contribution is 7.25. The predicted molar refractivity (Wildman–Crippen MR) is 261 cm³/mol. The van der Waals surface area contributed by atoms with Crippen LogP contribution in [-0.2, 0) is 0 Å². The van der Waals surface area contributed by atoms with E-state index in [2.05, 4.69) is 193 Å². The Hall–Kier alpha value is -7.99. The lowest BCUT2D eigenvalue weighted by Crippen LogP contribution is -2.02. The first-order valence-electron chi connectivity index (χ1n) is 20.9. The first-order chi connectivity index (χ1) is 30.7. The molecule has 0 atom stereocenters. The molecule has 0 saturated carbocycles. The fraction of sp³-hybridized carbons (Fsp3) is 0. The van der Waals surface area contributed by atoms with Crippen LogP contribution >= 0.6 is 11.3 Å². The quantitative estimate of drug-likeness (QED) is 0.163. The number of hydrogen-bond acceptors (Lipinski definition) is 4. The maximum atomic E-state index is 5.45. The second-order valence-corrected chi connectivity index (χ2v) is 17.0. The molecule has 0 saturated heterocycles. The lowest BCUT2D eigenvalue weighted by Gasteiger charge is -2.18. The molecule has 0 fully saturated rings. The number of hydrogen-bond donors (Lipinski definition) is 0. The van der Waals surface area contributed by atoms with E-state index in [1.54, 1.807) is 11.3 Å². The van der Waals surface area contributed by atoms with Crippen molar-refractivity contribution in [1.29, 1.82) is 0 Å². The highest BCUT2D eigenvalue weighted by atomic mass is 32.1. The second-order valence-electron chi connectivity index (χ2n) is 15.9. The van der Waals surface area contributed by atoms with Gasteiger partial charge in [-0.1, -0.05) is 164 Å². The number of rotatable bonds is 5. The van der Waals surface area contributed by atoms with Crippen LogP contribution in [0.3, 0.4) is 0 Å². The van der Waals surface area contributed by atoms with Gasteiger partial charge in [-0.3, -0.25) is 0 Å². The second kappa shape index (κ2) is 13.8. The van der Waals surface area contributed by atoms with E-state index in [9.17, 15) is 0 Å². The number of benzene rings is 10. The van der Waals surface area contributed by atoms with Crippen LogP contribution in [0.4, 0.5) is 0 Å². The largest absolute Gasteiger partial charge is 0.309 e. The van der Waals surface area contributed by atoms with Crippen molar-refractivity contribution in [2.24, 2.45) is 0 Å². The molecule has 5 heteroatoms. The summed E-state index contributed by atoms with van der Waals surface area (Å²) < 4.78 is 4.91. The van der Waals surface area contributed by atoms with Crippen molar-refractivity contribution in [1.82, 2.24) is 19.5 Å². The summed E-state index contributed by atoms with van der Waals surface area (Å²) in [4.78, 5) is 16.0. The van der Waals surface area contributed by atoms with Crippen LogP contribution in [0.1, 0.15) is 0 Å². The first kappa shape index (κ1) is 34.8. The molecule has 13 rings (SSSR count). The molecule has 3 aromatic heterocycles. The summed E-state index contributed by atoms with van der Waals surface area (Å²) in [5.74, 6) is 1.91. The Labute approximate surface area is 360 Å². The van der Waals surface area contributed by atoms with Gasteiger partial charge in [0.05, 0.1) is 16.7 Å². The number of aromatic nitrogens is 4. The molecule has 13 aromatic rings. The molecule has 0 unspecified atom stereocenters. The van der Waals surface area contributed by atoms with Gasteiger partial charge in [-0.15, -0.1) is 11.3 Å². The Morgan fingerprint density at radius 3 is 1.63 bits per heavy atom. The standard InChI is InChI=1S/C57H34N4S/c1-3-16-35(17-4-1)37-30-31-49-46(32-37)42-23-11-13-27-48(42)61(49)50-34-38(33-47-41-22-8-7-20-39(41)40-21-9-10-24-43(40)53(47)50)56-58-55(36-18-5-2-6-19-36)59-57(60-56)45-26-15-29-52-54(45)44-25-12-14-28-51(44)62-52/h1-34H. The smallest absolute Gasteiger partial charge is 0.164 e. The molecule has 0 aliphatic carbocycles. The van der Waals surface area contributed by atoms with Gasteiger partial charge in [0.15, 0.2) is 17.5 Å². The van der Waals surface area contributed by atoms with Crippen LogP contribution in [0.5, 0.6) is 0 Å². The third-order valence-corrected chi connectivity index (χ3v) is 13.5. The molecule has 0 aliphatic rings. The third kappa shape index (κ3) is 5.35. The maximum Gasteiger partial charge on any atom is 0.164 e. The fourth-order valence-electron chi connectivity index (χ4n) is 9.66. The summed E-state index contributed by atoms with van der Waals surface area (Å²) in [5.41, 5.74) is 8.59. The summed E-state index contributed by atoms with van der Waals surface area (Å²) in [6.45, 7) is 0. The van der Waals surface area contributed by atoms with E-state index in [-0.39, 0.29) is 0 Å². The van der Waals surface area contributed by atoms with Crippen molar-refractivity contribution in [3.05, 3.63) is 206 Å². The SMILES string of the molecule is c1ccc(-c2ccc3c(c2)c2ccccc2n3-c2cc(-c3nc(-c4ccccc4)nc(-c4cccc5sc6ccccc6c45)n3)cc3c4ccccc4c4ccccc4c23)cc1. The highest BCUT2D eigenvalue weighted by Crippen LogP contribution is 2.45. The summed E-state index contributed by atoms with van der Waals surface area (Å²) in [5, 5.41) is 11.9. The minimum absolute atomic E-state index is 0.623. The zero-order valence-corrected chi connectivity index (χ0v) is 34.1. The lowest BCUT2D eigenvalue weighted by atomic mass is 9.91. The van der Waals surface area contributed by atoms with E-state index >= 15 is 0 Å². The molecule has 0 N–H and O–H groups in total. The van der Waals surface area contributed by atoms with Crippen LogP contribution in [0.2, 0.25) is 0 Å². The molecule has 62 heavy (non-hydrogen) atoms. The van der Waals surface area contributed by atoms with Crippen LogP contribution in [0, 0.1) is 0 Å². The van der Waals surface area contributed by atoms with Gasteiger partial charge in [-0.25, -0.2) is 15.0 Å². The normalized spacial score (nSPS) is 11.9. The lowest BCUT2D eigenvalue weighted by molar-refractivity contribution is 1.08. The molecule has 10 aromatic carbocycles. The first-order valence-corrected chi connectivity index (χ1v) is 21.8. The Morgan fingerprint density at radius 2 is 0.855 bits per heavy atom. The van der Waals surface area contributed by atoms with Crippen molar-refractivity contribution in [3.8, 4) is 51.0 Å². The van der Waals surface area contributed by atoms with Gasteiger partial charge in [-0.2, -0.15) is 0 Å². The minimum Gasteiger partial charge on any atom is -0.309 e. The Bertz CT molecular complexity index is 3920. The van der Waals surface area contributed by atoms with Crippen LogP contribution in [0.15, 0.2) is 206 Å². The van der Waals surface area contributed by atoms with Crippen LogP contribution in [0.25, 0.3) is 125 Å². The zero-order chi connectivity index (χ0) is 40.7. The highest BCUT2D eigenvalue weighted by Gasteiger charge is 2.22. The monoisotopic (exact) mass is 806 g/mol. The van der Waals surface area contributed by atoms with Crippen molar-refractivity contribution in [2.45, 2.75) is 0 Å². The number of fused-ring (bicyclic) bond motifs is 12. The topological polar surface area (TPSA) is 43.6 Å². The van der Waals surface area contributed by atoms with E-state index in [0.717, 1.165) is 38.8 Å². The molecular weight excluding hydrogens is 773 g/mol. The minimum atomic E-state index is 0.623. The molecule has 0 aliphatic heterocycles. The zero-order valence-electron chi connectivity index (χ0n) is 33.3. The molecule has 4 nitrogen and oxygen atoms in total. The summed E-state index contributed by atoms with van der Waals surface area (Å²) in [7, 11) is 0. The van der Waals surface area contributed by atoms with Gasteiger partial charge in [0, 0.05) is 53.0 Å². The van der Waals surface area contributed by atoms with E-state index in [0.29, 0.717) is 17.5 Å². The molecule has 0 radical (unpaired) electrons. The molecule has 0 spiro atoms. The number of thiophene rings is 1. The molecule has 3 heterocycles. The van der Waals surface area contributed by atoms with E-state index in [1.165, 1.54) is 69.0 Å². The van der Waals surface area contributed by atoms with Gasteiger partial charge in [0.25, 0.3) is 0 Å². The summed E-state index contributed by atoms with van der Waals surface area (Å²) >= 11 is 1.80. The fourth-order valence-corrected chi connectivity index (χ4v) is 10.8. The Balaban J connectivity index is 1.16. The van der Waals surface area contributed by atoms with Gasteiger partial charge in [-0.05, 0) is 80.5 Å². The average molecular weight is 807 g/mol. The van der Waals surface area contributed by atoms with Crippen molar-refractivity contribution < 1.29 is 0 Å². The van der Waals surface area contributed by atoms with Crippen LogP contribution < -0.4 is 0 Å².